The Morgan fingerprint density at radius 1 is 1.32 bits per heavy atom. The van der Waals surface area contributed by atoms with Crippen molar-refractivity contribution >= 4 is 17.3 Å². The zero-order chi connectivity index (χ0) is 18.1. The van der Waals surface area contributed by atoms with Crippen molar-refractivity contribution in [3.8, 4) is 5.75 Å². The van der Waals surface area contributed by atoms with E-state index < -0.39 is 0 Å². The number of guanidine groups is 1. The highest BCUT2D eigenvalue weighted by molar-refractivity contribution is 7.09. The van der Waals surface area contributed by atoms with E-state index in [9.17, 15) is 0 Å². The summed E-state index contributed by atoms with van der Waals surface area (Å²) < 4.78 is 5.69. The van der Waals surface area contributed by atoms with Gasteiger partial charge in [0.15, 0.2) is 5.96 Å². The molecule has 0 unspecified atom stereocenters. The Hall–Kier alpha value is -2.08. The molecule has 2 rings (SSSR count). The van der Waals surface area contributed by atoms with Gasteiger partial charge in [-0.2, -0.15) is 0 Å². The monoisotopic (exact) mass is 360 g/mol. The maximum Gasteiger partial charge on any atom is 0.194 e. The molecule has 0 saturated carbocycles. The van der Waals surface area contributed by atoms with Crippen molar-refractivity contribution < 1.29 is 4.74 Å². The topological polar surface area (TPSA) is 49.8 Å². The van der Waals surface area contributed by atoms with Crippen molar-refractivity contribution in [3.63, 3.8) is 0 Å². The highest BCUT2D eigenvalue weighted by Gasteiger charge is 2.09. The number of hydrogen-bond donors (Lipinski definition) is 1. The number of aryl methyl sites for hydroxylation is 1. The van der Waals surface area contributed by atoms with E-state index in [4.69, 9.17) is 9.73 Å². The lowest BCUT2D eigenvalue weighted by Crippen LogP contribution is -2.38. The summed E-state index contributed by atoms with van der Waals surface area (Å²) in [5, 5.41) is 6.56. The van der Waals surface area contributed by atoms with Gasteiger partial charge in [-0.3, -0.25) is 4.99 Å². The van der Waals surface area contributed by atoms with Gasteiger partial charge in [0.25, 0.3) is 0 Å². The molecule has 0 bridgehead atoms. The number of nitrogens with one attached hydrogen (secondary N) is 1. The SMILES string of the molecule is CCNC(=NCCc1ccccc1OCC)N(C)Cc1csc(C)n1. The Kier molecular flexibility index (Phi) is 7.73. The third-order valence-corrected chi connectivity index (χ3v) is 4.50. The smallest absolute Gasteiger partial charge is 0.194 e. The van der Waals surface area contributed by atoms with Crippen molar-refractivity contribution in [2.45, 2.75) is 33.7 Å². The molecule has 0 aliphatic carbocycles. The highest BCUT2D eigenvalue weighted by atomic mass is 32.1. The molecule has 0 saturated heterocycles. The molecule has 136 valence electrons. The van der Waals surface area contributed by atoms with E-state index in [1.54, 1.807) is 11.3 Å². The molecule has 0 atom stereocenters. The van der Waals surface area contributed by atoms with Crippen LogP contribution in [0, 0.1) is 6.92 Å². The summed E-state index contributed by atoms with van der Waals surface area (Å²) in [4.78, 5) is 11.4. The summed E-state index contributed by atoms with van der Waals surface area (Å²) in [7, 11) is 2.05. The lowest BCUT2D eigenvalue weighted by atomic mass is 10.1. The minimum absolute atomic E-state index is 0.679. The van der Waals surface area contributed by atoms with Crippen molar-refractivity contribution in [1.29, 1.82) is 0 Å². The maximum atomic E-state index is 5.69. The summed E-state index contributed by atoms with van der Waals surface area (Å²) in [5.74, 6) is 1.86. The number of nitrogens with zero attached hydrogens (tertiary/aromatic N) is 3. The van der Waals surface area contributed by atoms with Crippen molar-refractivity contribution in [2.24, 2.45) is 4.99 Å². The Morgan fingerprint density at radius 2 is 2.12 bits per heavy atom. The van der Waals surface area contributed by atoms with Crippen molar-refractivity contribution in [2.75, 3.05) is 26.7 Å². The number of rotatable bonds is 8. The van der Waals surface area contributed by atoms with E-state index in [2.05, 4.69) is 33.6 Å². The Bertz CT molecular complexity index is 684. The normalized spacial score (nSPS) is 11.4. The number of thiazole rings is 1. The van der Waals surface area contributed by atoms with E-state index in [1.165, 1.54) is 5.56 Å². The molecule has 0 fully saturated rings. The van der Waals surface area contributed by atoms with Crippen molar-refractivity contribution in [1.82, 2.24) is 15.2 Å². The predicted octanol–water partition coefficient (Wildman–Crippen LogP) is 3.49. The molecule has 0 radical (unpaired) electrons. The average molecular weight is 361 g/mol. The minimum Gasteiger partial charge on any atom is -0.494 e. The molecule has 25 heavy (non-hydrogen) atoms. The summed E-state index contributed by atoms with van der Waals surface area (Å²) in [6.45, 7) is 9.11. The Labute approximate surface area is 154 Å². The van der Waals surface area contributed by atoms with E-state index in [0.717, 1.165) is 41.9 Å². The number of benzene rings is 1. The summed E-state index contributed by atoms with van der Waals surface area (Å²) >= 11 is 1.68. The molecule has 1 aromatic heterocycles. The molecule has 1 heterocycles. The second-order valence-electron chi connectivity index (χ2n) is 5.74. The lowest BCUT2D eigenvalue weighted by Gasteiger charge is -2.21. The van der Waals surface area contributed by atoms with E-state index in [-0.39, 0.29) is 0 Å². The van der Waals surface area contributed by atoms with Crippen LogP contribution in [0.3, 0.4) is 0 Å². The fourth-order valence-electron chi connectivity index (χ4n) is 2.56. The quantitative estimate of drug-likeness (QED) is 0.578. The summed E-state index contributed by atoms with van der Waals surface area (Å²) in [6, 6.07) is 8.18. The van der Waals surface area contributed by atoms with Gasteiger partial charge < -0.3 is 15.0 Å². The van der Waals surface area contributed by atoms with Gasteiger partial charge in [0.2, 0.25) is 0 Å². The van der Waals surface area contributed by atoms with Crippen LogP contribution in [0.4, 0.5) is 0 Å². The fraction of sp³-hybridized carbons (Fsp3) is 0.474. The predicted molar refractivity (Wildman–Crippen MR) is 106 cm³/mol. The van der Waals surface area contributed by atoms with Gasteiger partial charge in [-0.1, -0.05) is 18.2 Å². The van der Waals surface area contributed by atoms with Gasteiger partial charge in [0, 0.05) is 25.5 Å². The molecule has 6 heteroatoms. The van der Waals surface area contributed by atoms with Crippen LogP contribution in [0.15, 0.2) is 34.6 Å². The van der Waals surface area contributed by atoms with Gasteiger partial charge >= 0.3 is 0 Å². The maximum absolute atomic E-state index is 5.69. The molecular formula is C19H28N4OS. The van der Waals surface area contributed by atoms with Crippen LogP contribution in [-0.4, -0.2) is 42.6 Å². The molecule has 1 N–H and O–H groups in total. The molecule has 0 aliphatic heterocycles. The first-order valence-electron chi connectivity index (χ1n) is 8.75. The van der Waals surface area contributed by atoms with Gasteiger partial charge in [-0.25, -0.2) is 4.98 Å². The van der Waals surface area contributed by atoms with Crippen LogP contribution in [-0.2, 0) is 13.0 Å². The molecule has 1 aromatic carbocycles. The van der Waals surface area contributed by atoms with E-state index >= 15 is 0 Å². The van der Waals surface area contributed by atoms with Crippen LogP contribution in [0.25, 0.3) is 0 Å². The second kappa shape index (κ2) is 10.0. The first kappa shape index (κ1) is 19.2. The number of para-hydroxylation sites is 1. The molecule has 0 spiro atoms. The minimum atomic E-state index is 0.679. The van der Waals surface area contributed by atoms with Crippen LogP contribution in [0.5, 0.6) is 5.75 Å². The zero-order valence-electron chi connectivity index (χ0n) is 15.6. The average Bonchev–Trinajstić information content (AvgIpc) is 3.00. The van der Waals surface area contributed by atoms with Crippen LogP contribution in [0.2, 0.25) is 0 Å². The van der Waals surface area contributed by atoms with E-state index in [1.807, 2.05) is 39.1 Å². The number of hydrogen-bond acceptors (Lipinski definition) is 4. The van der Waals surface area contributed by atoms with Crippen LogP contribution >= 0.6 is 11.3 Å². The Morgan fingerprint density at radius 3 is 2.80 bits per heavy atom. The Balaban J connectivity index is 1.99. The standard InChI is InChI=1S/C19H28N4OS/c1-5-20-19(23(4)13-17-14-25-15(3)22-17)21-12-11-16-9-7-8-10-18(16)24-6-2/h7-10,14H,5-6,11-13H2,1-4H3,(H,20,21). The van der Waals surface area contributed by atoms with Crippen molar-refractivity contribution in [3.05, 3.63) is 45.9 Å². The zero-order valence-corrected chi connectivity index (χ0v) is 16.4. The van der Waals surface area contributed by atoms with Gasteiger partial charge in [-0.05, 0) is 38.8 Å². The number of ether oxygens (including phenoxy) is 1. The number of aromatic nitrogens is 1. The van der Waals surface area contributed by atoms with Crippen LogP contribution in [0.1, 0.15) is 30.1 Å². The van der Waals surface area contributed by atoms with Gasteiger partial charge in [0.05, 0.1) is 23.9 Å². The van der Waals surface area contributed by atoms with Crippen LogP contribution < -0.4 is 10.1 Å². The third-order valence-electron chi connectivity index (χ3n) is 3.68. The largest absolute Gasteiger partial charge is 0.494 e. The number of aliphatic imine (C=N–C) groups is 1. The molecule has 5 nitrogen and oxygen atoms in total. The summed E-state index contributed by atoms with van der Waals surface area (Å²) in [5.41, 5.74) is 2.28. The molecule has 0 aliphatic rings. The second-order valence-corrected chi connectivity index (χ2v) is 6.80. The fourth-order valence-corrected chi connectivity index (χ4v) is 3.16. The highest BCUT2D eigenvalue weighted by Crippen LogP contribution is 2.18. The first-order chi connectivity index (χ1) is 12.1. The molecular weight excluding hydrogens is 332 g/mol. The third kappa shape index (κ3) is 6.05. The van der Waals surface area contributed by atoms with Gasteiger partial charge in [-0.15, -0.1) is 11.3 Å². The summed E-state index contributed by atoms with van der Waals surface area (Å²) in [6.07, 6.45) is 0.856. The first-order valence-corrected chi connectivity index (χ1v) is 9.63. The molecule has 2 aromatic rings. The van der Waals surface area contributed by atoms with E-state index in [0.29, 0.717) is 13.2 Å². The van der Waals surface area contributed by atoms with Gasteiger partial charge in [0.1, 0.15) is 5.75 Å². The molecule has 0 amide bonds. The lowest BCUT2D eigenvalue weighted by molar-refractivity contribution is 0.336.